The lowest BCUT2D eigenvalue weighted by Gasteiger charge is -2.25. The standard InChI is InChI=1S/C25H29N3O3S3/c1-16(2)13-28(14-17(3)4)34(30,31)19-11-9-18(10-12-19)24(29)27-25-26-23-20-7-5-6-8-21(20)32-15-22(23)33-25/h5-12,16-17H,13-15H2,1-4H3,(H,26,27,29). The molecular formula is C25H29N3O3S3. The second-order valence-corrected chi connectivity index (χ2v) is 13.2. The van der Waals surface area contributed by atoms with Crippen molar-refractivity contribution in [2.45, 2.75) is 43.2 Å². The molecule has 1 N–H and O–H groups in total. The molecule has 0 saturated heterocycles. The van der Waals surface area contributed by atoms with Crippen LogP contribution in [0.4, 0.5) is 5.13 Å². The number of amides is 1. The molecule has 0 radical (unpaired) electrons. The van der Waals surface area contributed by atoms with E-state index in [4.69, 9.17) is 0 Å². The van der Waals surface area contributed by atoms with Crippen LogP contribution in [0.1, 0.15) is 42.9 Å². The zero-order valence-corrected chi connectivity index (χ0v) is 22.2. The molecule has 1 aliphatic rings. The summed E-state index contributed by atoms with van der Waals surface area (Å²) in [6.45, 7) is 8.93. The Kier molecular flexibility index (Phi) is 7.47. The molecule has 0 spiro atoms. The number of hydrogen-bond donors (Lipinski definition) is 1. The lowest BCUT2D eigenvalue weighted by atomic mass is 10.1. The van der Waals surface area contributed by atoms with Crippen molar-refractivity contribution in [3.8, 4) is 11.3 Å². The number of nitrogens with zero attached hydrogens (tertiary/aromatic N) is 2. The summed E-state index contributed by atoms with van der Waals surface area (Å²) >= 11 is 3.25. The van der Waals surface area contributed by atoms with Crippen LogP contribution in [0.2, 0.25) is 0 Å². The fourth-order valence-corrected chi connectivity index (χ4v) is 7.69. The van der Waals surface area contributed by atoms with Gasteiger partial charge in [-0.05, 0) is 42.2 Å². The third-order valence-electron chi connectivity index (χ3n) is 5.31. The Bertz CT molecular complexity index is 1270. The van der Waals surface area contributed by atoms with Crippen LogP contribution in [0.25, 0.3) is 11.3 Å². The third kappa shape index (κ3) is 5.38. The number of fused-ring (bicyclic) bond motifs is 3. The van der Waals surface area contributed by atoms with Gasteiger partial charge in [0.15, 0.2) is 5.13 Å². The van der Waals surface area contributed by atoms with Gasteiger partial charge in [0.2, 0.25) is 10.0 Å². The SMILES string of the molecule is CC(C)CN(CC(C)C)S(=O)(=O)c1ccc(C(=O)Nc2nc3c(s2)CSc2ccccc2-3)cc1. The Hall–Kier alpha value is -2.20. The van der Waals surface area contributed by atoms with Crippen LogP contribution in [0.5, 0.6) is 0 Å². The van der Waals surface area contributed by atoms with Gasteiger partial charge in [0.25, 0.3) is 5.91 Å². The van der Waals surface area contributed by atoms with E-state index in [-0.39, 0.29) is 22.6 Å². The first-order valence-corrected chi connectivity index (χ1v) is 14.5. The highest BCUT2D eigenvalue weighted by Crippen LogP contribution is 2.44. The van der Waals surface area contributed by atoms with Crippen molar-refractivity contribution in [3.63, 3.8) is 0 Å². The molecule has 0 unspecified atom stereocenters. The largest absolute Gasteiger partial charge is 0.298 e. The second kappa shape index (κ2) is 10.2. The normalized spacial score (nSPS) is 13.3. The minimum Gasteiger partial charge on any atom is -0.298 e. The molecule has 1 amide bonds. The van der Waals surface area contributed by atoms with Crippen LogP contribution in [0.3, 0.4) is 0 Å². The predicted molar refractivity (Wildman–Crippen MR) is 140 cm³/mol. The summed E-state index contributed by atoms with van der Waals surface area (Å²) in [5.41, 5.74) is 2.40. The van der Waals surface area contributed by atoms with Gasteiger partial charge in [-0.25, -0.2) is 13.4 Å². The zero-order valence-electron chi connectivity index (χ0n) is 19.7. The van der Waals surface area contributed by atoms with Gasteiger partial charge in [-0.2, -0.15) is 4.31 Å². The molecular weight excluding hydrogens is 486 g/mol. The van der Waals surface area contributed by atoms with Crippen molar-refractivity contribution in [3.05, 3.63) is 59.0 Å². The zero-order chi connectivity index (χ0) is 24.5. The Morgan fingerprint density at radius 2 is 1.68 bits per heavy atom. The van der Waals surface area contributed by atoms with Gasteiger partial charge >= 0.3 is 0 Å². The molecule has 34 heavy (non-hydrogen) atoms. The van der Waals surface area contributed by atoms with Gasteiger partial charge in [-0.1, -0.05) is 45.9 Å². The number of thioether (sulfide) groups is 1. The molecule has 1 aliphatic heterocycles. The first-order chi connectivity index (χ1) is 16.1. The number of sulfonamides is 1. The molecule has 0 aliphatic carbocycles. The number of aromatic nitrogens is 1. The van der Waals surface area contributed by atoms with Crippen molar-refractivity contribution in [2.24, 2.45) is 11.8 Å². The molecule has 0 bridgehead atoms. The Labute approximate surface area is 209 Å². The average molecular weight is 516 g/mol. The average Bonchev–Trinajstić information content (AvgIpc) is 3.21. The van der Waals surface area contributed by atoms with E-state index in [0.29, 0.717) is 23.8 Å². The van der Waals surface area contributed by atoms with Gasteiger partial charge in [0, 0.05) is 39.7 Å². The van der Waals surface area contributed by atoms with Gasteiger partial charge < -0.3 is 0 Å². The molecule has 0 fully saturated rings. The third-order valence-corrected chi connectivity index (χ3v) is 9.41. The number of thiazole rings is 1. The highest BCUT2D eigenvalue weighted by Gasteiger charge is 2.26. The quantitative estimate of drug-likeness (QED) is 0.400. The van der Waals surface area contributed by atoms with Gasteiger partial charge in [0.05, 0.1) is 10.6 Å². The highest BCUT2D eigenvalue weighted by molar-refractivity contribution is 7.98. The fourth-order valence-electron chi connectivity index (χ4n) is 3.83. The van der Waals surface area contributed by atoms with Gasteiger partial charge in [0.1, 0.15) is 0 Å². The van der Waals surface area contributed by atoms with E-state index in [1.54, 1.807) is 23.9 Å². The summed E-state index contributed by atoms with van der Waals surface area (Å²) in [7, 11) is -3.63. The van der Waals surface area contributed by atoms with E-state index in [2.05, 4.69) is 16.4 Å². The minimum atomic E-state index is -3.63. The van der Waals surface area contributed by atoms with Crippen LogP contribution in [0, 0.1) is 11.8 Å². The van der Waals surface area contributed by atoms with E-state index in [9.17, 15) is 13.2 Å². The van der Waals surface area contributed by atoms with Crippen LogP contribution in [-0.4, -0.2) is 36.7 Å². The van der Waals surface area contributed by atoms with E-state index < -0.39 is 10.0 Å². The smallest absolute Gasteiger partial charge is 0.257 e. The van der Waals surface area contributed by atoms with Crippen molar-refractivity contribution in [1.29, 1.82) is 0 Å². The topological polar surface area (TPSA) is 79.4 Å². The summed E-state index contributed by atoms with van der Waals surface area (Å²) in [6.07, 6.45) is 0. The number of nitrogens with one attached hydrogen (secondary N) is 1. The van der Waals surface area contributed by atoms with Crippen molar-refractivity contribution >= 4 is 44.2 Å². The number of benzene rings is 2. The van der Waals surface area contributed by atoms with Crippen LogP contribution in [-0.2, 0) is 15.8 Å². The Morgan fingerprint density at radius 3 is 2.32 bits per heavy atom. The van der Waals surface area contributed by atoms with Crippen LogP contribution < -0.4 is 5.32 Å². The summed E-state index contributed by atoms with van der Waals surface area (Å²) in [5, 5.41) is 3.42. The molecule has 2 aromatic carbocycles. The fraction of sp³-hybridized carbons (Fsp3) is 0.360. The summed E-state index contributed by atoms with van der Waals surface area (Å²) in [5.74, 6) is 0.953. The highest BCUT2D eigenvalue weighted by atomic mass is 32.2. The molecule has 6 nitrogen and oxygen atoms in total. The number of carbonyl (C=O) groups excluding carboxylic acids is 1. The molecule has 4 rings (SSSR count). The maximum absolute atomic E-state index is 13.2. The van der Waals surface area contributed by atoms with E-state index in [1.165, 1.54) is 32.7 Å². The molecule has 1 aromatic heterocycles. The Morgan fingerprint density at radius 1 is 1.03 bits per heavy atom. The van der Waals surface area contributed by atoms with E-state index >= 15 is 0 Å². The minimum absolute atomic E-state index is 0.198. The predicted octanol–water partition coefficient (Wildman–Crippen LogP) is 5.97. The Balaban J connectivity index is 1.50. The molecule has 9 heteroatoms. The maximum Gasteiger partial charge on any atom is 0.257 e. The van der Waals surface area contributed by atoms with Gasteiger partial charge in [-0.3, -0.25) is 10.1 Å². The van der Waals surface area contributed by atoms with Crippen LogP contribution in [0.15, 0.2) is 58.3 Å². The lowest BCUT2D eigenvalue weighted by Crippen LogP contribution is -2.37. The first kappa shape index (κ1) is 24.9. The van der Waals surface area contributed by atoms with E-state index in [1.807, 2.05) is 45.9 Å². The molecule has 2 heterocycles. The second-order valence-electron chi connectivity index (χ2n) is 9.16. The van der Waals surface area contributed by atoms with E-state index in [0.717, 1.165) is 21.9 Å². The van der Waals surface area contributed by atoms with Crippen molar-refractivity contribution in [2.75, 3.05) is 18.4 Å². The lowest BCUT2D eigenvalue weighted by molar-refractivity contribution is 0.102. The summed E-state index contributed by atoms with van der Waals surface area (Å²) < 4.78 is 27.9. The van der Waals surface area contributed by atoms with Crippen molar-refractivity contribution < 1.29 is 13.2 Å². The molecule has 0 saturated carbocycles. The van der Waals surface area contributed by atoms with Crippen molar-refractivity contribution in [1.82, 2.24) is 9.29 Å². The summed E-state index contributed by atoms with van der Waals surface area (Å²) in [6, 6.07) is 14.3. The first-order valence-electron chi connectivity index (χ1n) is 11.3. The van der Waals surface area contributed by atoms with Gasteiger partial charge in [-0.15, -0.1) is 23.1 Å². The number of carbonyl (C=O) groups is 1. The summed E-state index contributed by atoms with van der Waals surface area (Å²) in [4.78, 5) is 20.0. The van der Waals surface area contributed by atoms with Crippen LogP contribution >= 0.6 is 23.1 Å². The molecule has 180 valence electrons. The number of hydrogen-bond acceptors (Lipinski definition) is 6. The number of rotatable bonds is 8. The number of anilines is 1. The monoisotopic (exact) mass is 515 g/mol. The molecule has 3 aromatic rings. The maximum atomic E-state index is 13.2. The molecule has 0 atom stereocenters.